The van der Waals surface area contributed by atoms with Crippen molar-refractivity contribution in [3.63, 3.8) is 0 Å². The number of aromatic amines is 1. The maximum Gasteiger partial charge on any atom is 0.278 e. The molecular formula is C6H4BrF2NO. The average Bonchev–Trinajstić information content (AvgIpc) is 1.85. The van der Waals surface area contributed by atoms with E-state index in [4.69, 9.17) is 0 Å². The molecule has 0 fully saturated rings. The third kappa shape index (κ3) is 2.11. The standard InChI is InChI=1S/C6H4BrF2NO/c7-5-2-3(11)1-4(10-5)6(8)9/h1-2,6H,(H,10,11). The van der Waals surface area contributed by atoms with Crippen molar-refractivity contribution in [2.45, 2.75) is 6.43 Å². The van der Waals surface area contributed by atoms with Gasteiger partial charge in [-0.05, 0) is 15.9 Å². The number of halogens is 3. The van der Waals surface area contributed by atoms with Crippen LogP contribution < -0.4 is 5.43 Å². The molecule has 5 heteroatoms. The minimum absolute atomic E-state index is 0.264. The highest BCUT2D eigenvalue weighted by atomic mass is 79.9. The van der Waals surface area contributed by atoms with Crippen LogP contribution in [0.1, 0.15) is 12.1 Å². The summed E-state index contributed by atoms with van der Waals surface area (Å²) in [6.45, 7) is 0. The highest BCUT2D eigenvalue weighted by molar-refractivity contribution is 9.10. The molecule has 0 aromatic carbocycles. The lowest BCUT2D eigenvalue weighted by molar-refractivity contribution is 0.146. The number of rotatable bonds is 1. The van der Waals surface area contributed by atoms with Gasteiger partial charge in [0.15, 0.2) is 5.43 Å². The van der Waals surface area contributed by atoms with E-state index in [9.17, 15) is 13.6 Å². The number of hydrogen-bond acceptors (Lipinski definition) is 1. The second kappa shape index (κ2) is 3.13. The predicted molar refractivity (Wildman–Crippen MR) is 39.7 cm³/mol. The van der Waals surface area contributed by atoms with Crippen LogP contribution in [0.5, 0.6) is 0 Å². The van der Waals surface area contributed by atoms with Gasteiger partial charge in [0.25, 0.3) is 6.43 Å². The molecule has 0 radical (unpaired) electrons. The first-order valence-corrected chi connectivity index (χ1v) is 3.57. The van der Waals surface area contributed by atoms with Crippen molar-refractivity contribution < 1.29 is 8.78 Å². The van der Waals surface area contributed by atoms with Gasteiger partial charge in [0.05, 0.1) is 10.3 Å². The van der Waals surface area contributed by atoms with Crippen molar-refractivity contribution >= 4 is 15.9 Å². The maximum absolute atomic E-state index is 11.9. The van der Waals surface area contributed by atoms with Crippen LogP contribution in [0.2, 0.25) is 0 Å². The third-order valence-corrected chi connectivity index (χ3v) is 1.49. The van der Waals surface area contributed by atoms with Crippen molar-refractivity contribution in [3.8, 4) is 0 Å². The van der Waals surface area contributed by atoms with Crippen molar-refractivity contribution in [3.05, 3.63) is 32.7 Å². The van der Waals surface area contributed by atoms with Crippen LogP contribution in [0.3, 0.4) is 0 Å². The number of hydrogen-bond donors (Lipinski definition) is 1. The Hall–Kier alpha value is -0.710. The monoisotopic (exact) mass is 223 g/mol. The summed E-state index contributed by atoms with van der Waals surface area (Å²) >= 11 is 2.89. The minimum atomic E-state index is -2.64. The van der Waals surface area contributed by atoms with Gasteiger partial charge in [0, 0.05) is 12.1 Å². The van der Waals surface area contributed by atoms with Gasteiger partial charge in [-0.15, -0.1) is 0 Å². The maximum atomic E-state index is 11.9. The molecule has 0 spiro atoms. The van der Waals surface area contributed by atoms with Gasteiger partial charge in [0.2, 0.25) is 0 Å². The average molecular weight is 224 g/mol. The first kappa shape index (κ1) is 8.39. The van der Waals surface area contributed by atoms with E-state index in [0.717, 1.165) is 6.07 Å². The fourth-order valence-corrected chi connectivity index (χ4v) is 1.10. The zero-order chi connectivity index (χ0) is 8.43. The quantitative estimate of drug-likeness (QED) is 0.727. The lowest BCUT2D eigenvalue weighted by Crippen LogP contribution is -2.02. The molecule has 0 aliphatic rings. The van der Waals surface area contributed by atoms with E-state index in [1.54, 1.807) is 0 Å². The molecular weight excluding hydrogens is 220 g/mol. The van der Waals surface area contributed by atoms with Gasteiger partial charge >= 0.3 is 0 Å². The summed E-state index contributed by atoms with van der Waals surface area (Å²) in [5.74, 6) is 0. The number of H-pyrrole nitrogens is 1. The van der Waals surface area contributed by atoms with Gasteiger partial charge in [-0.1, -0.05) is 0 Å². The molecule has 1 aromatic rings. The Labute approximate surface area is 69.4 Å². The molecule has 0 atom stereocenters. The minimum Gasteiger partial charge on any atom is -0.348 e. The third-order valence-electron chi connectivity index (χ3n) is 1.07. The second-order valence-corrected chi connectivity index (χ2v) is 2.77. The number of nitrogens with one attached hydrogen (secondary N) is 1. The molecule has 0 unspecified atom stereocenters. The molecule has 0 saturated heterocycles. The van der Waals surface area contributed by atoms with Crippen LogP contribution in [0.15, 0.2) is 21.5 Å². The number of alkyl halides is 2. The molecule has 1 aromatic heterocycles. The van der Waals surface area contributed by atoms with Crippen molar-refractivity contribution in [2.24, 2.45) is 0 Å². The van der Waals surface area contributed by atoms with Crippen molar-refractivity contribution in [1.29, 1.82) is 0 Å². The van der Waals surface area contributed by atoms with Crippen LogP contribution in [-0.2, 0) is 0 Å². The molecule has 1 rings (SSSR count). The number of pyridine rings is 1. The molecule has 0 bridgehead atoms. The summed E-state index contributed by atoms with van der Waals surface area (Å²) in [5, 5.41) is 0. The molecule has 60 valence electrons. The summed E-state index contributed by atoms with van der Waals surface area (Å²) < 4.78 is 24.1. The van der Waals surface area contributed by atoms with Crippen molar-refractivity contribution in [2.75, 3.05) is 0 Å². The molecule has 0 saturated carbocycles. The van der Waals surface area contributed by atoms with Gasteiger partial charge in [-0.25, -0.2) is 8.78 Å². The van der Waals surface area contributed by atoms with Gasteiger partial charge < -0.3 is 4.98 Å². The Balaban J connectivity index is 3.19. The normalized spacial score (nSPS) is 10.5. The number of aromatic nitrogens is 1. The first-order valence-electron chi connectivity index (χ1n) is 2.77. The Morgan fingerprint density at radius 2 is 2.09 bits per heavy atom. The topological polar surface area (TPSA) is 32.9 Å². The summed E-state index contributed by atoms with van der Waals surface area (Å²) in [6.07, 6.45) is -2.64. The summed E-state index contributed by atoms with van der Waals surface area (Å²) in [6, 6.07) is 2.06. The molecule has 1 heterocycles. The Kier molecular flexibility index (Phi) is 2.38. The molecule has 0 aliphatic carbocycles. The van der Waals surface area contributed by atoms with E-state index in [0.29, 0.717) is 0 Å². The SMILES string of the molecule is O=c1cc(Br)[nH]c(C(F)F)c1. The first-order chi connectivity index (χ1) is 5.09. The summed E-state index contributed by atoms with van der Waals surface area (Å²) in [7, 11) is 0. The van der Waals surface area contributed by atoms with E-state index in [2.05, 4.69) is 20.9 Å². The predicted octanol–water partition coefficient (Wildman–Crippen LogP) is 2.08. The van der Waals surface area contributed by atoms with Crippen LogP contribution in [0.4, 0.5) is 8.78 Å². The highest BCUT2D eigenvalue weighted by Crippen LogP contribution is 2.15. The lowest BCUT2D eigenvalue weighted by Gasteiger charge is -1.98. The fourth-order valence-electron chi connectivity index (χ4n) is 0.647. The van der Waals surface area contributed by atoms with Crippen LogP contribution in [0.25, 0.3) is 0 Å². The highest BCUT2D eigenvalue weighted by Gasteiger charge is 2.07. The van der Waals surface area contributed by atoms with Crippen molar-refractivity contribution in [1.82, 2.24) is 4.98 Å². The lowest BCUT2D eigenvalue weighted by atomic mass is 10.3. The van der Waals surface area contributed by atoms with E-state index in [-0.39, 0.29) is 10.3 Å². The molecule has 11 heavy (non-hydrogen) atoms. The van der Waals surface area contributed by atoms with E-state index in [1.807, 2.05) is 0 Å². The van der Waals surface area contributed by atoms with Gasteiger partial charge in [-0.2, -0.15) is 0 Å². The zero-order valence-corrected chi connectivity index (χ0v) is 6.86. The molecule has 1 N–H and O–H groups in total. The molecule has 0 aliphatic heterocycles. The van der Waals surface area contributed by atoms with Crippen LogP contribution in [0, 0.1) is 0 Å². The van der Waals surface area contributed by atoms with E-state index in [1.165, 1.54) is 6.07 Å². The molecule has 2 nitrogen and oxygen atoms in total. The Morgan fingerprint density at radius 3 is 2.55 bits per heavy atom. The molecule has 0 amide bonds. The van der Waals surface area contributed by atoms with E-state index >= 15 is 0 Å². The zero-order valence-electron chi connectivity index (χ0n) is 5.27. The van der Waals surface area contributed by atoms with E-state index < -0.39 is 11.9 Å². The smallest absolute Gasteiger partial charge is 0.278 e. The Bertz CT molecular complexity index is 310. The van der Waals surface area contributed by atoms with Crippen LogP contribution >= 0.6 is 15.9 Å². The summed E-state index contributed by atoms with van der Waals surface area (Å²) in [4.78, 5) is 12.9. The van der Waals surface area contributed by atoms with Crippen LogP contribution in [-0.4, -0.2) is 4.98 Å². The van der Waals surface area contributed by atoms with Gasteiger partial charge in [-0.3, -0.25) is 4.79 Å². The second-order valence-electron chi connectivity index (χ2n) is 1.92. The van der Waals surface area contributed by atoms with Gasteiger partial charge in [0.1, 0.15) is 0 Å². The Morgan fingerprint density at radius 1 is 1.45 bits per heavy atom. The largest absolute Gasteiger partial charge is 0.348 e. The fraction of sp³-hybridized carbons (Fsp3) is 0.167. The summed E-state index contributed by atoms with van der Waals surface area (Å²) in [5.41, 5.74) is -0.810.